The van der Waals surface area contributed by atoms with Crippen molar-refractivity contribution in [2.24, 2.45) is 0 Å². The first kappa shape index (κ1) is 9.65. The zero-order chi connectivity index (χ0) is 11.0. The number of hydrogen-bond donors (Lipinski definition) is 0. The van der Waals surface area contributed by atoms with E-state index >= 15 is 0 Å². The summed E-state index contributed by atoms with van der Waals surface area (Å²) in [5, 5.41) is 0.593. The molecule has 1 aromatic heterocycles. The lowest BCUT2D eigenvalue weighted by Crippen LogP contribution is -1.94. The molecule has 0 radical (unpaired) electrons. The molecule has 3 nitrogen and oxygen atoms in total. The maximum atomic E-state index is 11.6. The molecule has 0 aliphatic carbocycles. The van der Waals surface area contributed by atoms with Crippen LogP contribution >= 0.6 is 0 Å². The highest BCUT2D eigenvalue weighted by atomic mass is 16.3. The van der Waals surface area contributed by atoms with E-state index < -0.39 is 0 Å². The Morgan fingerprint density at radius 1 is 1.27 bits per heavy atom. The molecule has 0 atom stereocenters. The number of aryl methyl sites for hydroxylation is 1. The van der Waals surface area contributed by atoms with Gasteiger partial charge in [-0.1, -0.05) is 18.2 Å². The largest absolute Gasteiger partial charge is 0.456 e. The fourth-order valence-corrected chi connectivity index (χ4v) is 1.71. The molecule has 0 fully saturated rings. The zero-order valence-corrected chi connectivity index (χ0v) is 8.53. The molecular weight excluding hydrogens is 192 g/mol. The fourth-order valence-electron chi connectivity index (χ4n) is 1.71. The molecule has 0 unspecified atom stereocenters. The van der Waals surface area contributed by atoms with Crippen molar-refractivity contribution >= 4 is 16.8 Å². The van der Waals surface area contributed by atoms with Crippen LogP contribution in [0.3, 0.4) is 0 Å². The number of fused-ring (bicyclic) bond motifs is 1. The second-order valence-corrected chi connectivity index (χ2v) is 3.41. The van der Waals surface area contributed by atoms with Crippen LogP contribution in [0, 0.1) is 6.92 Å². The number of rotatable bonds is 1. The van der Waals surface area contributed by atoms with Gasteiger partial charge in [-0.15, -0.1) is 0 Å². The molecule has 0 saturated heterocycles. The molecular formula is C12H10O3. The molecule has 0 amide bonds. The van der Waals surface area contributed by atoms with E-state index in [1.54, 1.807) is 25.1 Å². The molecule has 0 bridgehead atoms. The predicted octanol–water partition coefficient (Wildman–Crippen LogP) is 2.30. The van der Waals surface area contributed by atoms with E-state index in [4.69, 9.17) is 4.42 Å². The van der Waals surface area contributed by atoms with Crippen LogP contribution in [0.5, 0.6) is 0 Å². The molecule has 0 saturated carbocycles. The van der Waals surface area contributed by atoms with Crippen molar-refractivity contribution in [3.63, 3.8) is 0 Å². The van der Waals surface area contributed by atoms with Gasteiger partial charge < -0.3 is 4.42 Å². The Labute approximate surface area is 86.3 Å². The van der Waals surface area contributed by atoms with Crippen molar-refractivity contribution in [3.8, 4) is 0 Å². The SMILES string of the molecule is CC(=O)c1c(C)oc2c(=O)ccccc12. The van der Waals surface area contributed by atoms with E-state index in [0.717, 1.165) is 0 Å². The molecule has 15 heavy (non-hydrogen) atoms. The lowest BCUT2D eigenvalue weighted by atomic mass is 10.1. The summed E-state index contributed by atoms with van der Waals surface area (Å²) < 4.78 is 5.32. The van der Waals surface area contributed by atoms with Gasteiger partial charge in [0.1, 0.15) is 5.76 Å². The Kier molecular flexibility index (Phi) is 2.15. The van der Waals surface area contributed by atoms with Gasteiger partial charge in [0.05, 0.1) is 5.56 Å². The Bertz CT molecular complexity index is 593. The van der Waals surface area contributed by atoms with Crippen LogP contribution in [0.15, 0.2) is 33.5 Å². The lowest BCUT2D eigenvalue weighted by molar-refractivity contribution is 0.101. The van der Waals surface area contributed by atoms with Crippen LogP contribution in [-0.2, 0) is 0 Å². The van der Waals surface area contributed by atoms with E-state index in [2.05, 4.69) is 0 Å². The van der Waals surface area contributed by atoms with E-state index in [1.165, 1.54) is 13.0 Å². The van der Waals surface area contributed by atoms with Gasteiger partial charge in [0.2, 0.25) is 5.43 Å². The first-order chi connectivity index (χ1) is 7.11. The van der Waals surface area contributed by atoms with Crippen LogP contribution in [-0.4, -0.2) is 5.78 Å². The second kappa shape index (κ2) is 3.35. The maximum absolute atomic E-state index is 11.6. The Hall–Kier alpha value is -1.90. The standard InChI is InChI=1S/C12H10O3/c1-7(13)11-8(2)15-12-9(11)5-3-4-6-10(12)14/h3-6H,1-2H3. The molecule has 76 valence electrons. The van der Waals surface area contributed by atoms with Crippen molar-refractivity contribution in [2.75, 3.05) is 0 Å². The summed E-state index contributed by atoms with van der Waals surface area (Å²) in [5.74, 6) is 0.414. The van der Waals surface area contributed by atoms with Gasteiger partial charge >= 0.3 is 0 Å². The Morgan fingerprint density at radius 2 is 1.93 bits per heavy atom. The summed E-state index contributed by atoms with van der Waals surface area (Å²) in [6.07, 6.45) is 0. The third-order valence-electron chi connectivity index (χ3n) is 2.32. The molecule has 0 aliphatic rings. The first-order valence-electron chi connectivity index (χ1n) is 4.64. The first-order valence-corrected chi connectivity index (χ1v) is 4.64. The lowest BCUT2D eigenvalue weighted by Gasteiger charge is -1.89. The van der Waals surface area contributed by atoms with Crippen molar-refractivity contribution in [1.29, 1.82) is 0 Å². The highest BCUT2D eigenvalue weighted by Crippen LogP contribution is 2.22. The molecule has 0 spiro atoms. The molecule has 2 aromatic rings. The minimum atomic E-state index is -0.203. The van der Waals surface area contributed by atoms with Crippen LogP contribution in [0.2, 0.25) is 0 Å². The molecule has 3 heteroatoms. The third kappa shape index (κ3) is 1.46. The van der Waals surface area contributed by atoms with Gasteiger partial charge in [0.15, 0.2) is 11.4 Å². The fraction of sp³-hybridized carbons (Fsp3) is 0.167. The van der Waals surface area contributed by atoms with Crippen molar-refractivity contribution < 1.29 is 9.21 Å². The number of Topliss-reactive ketones (excluding diaryl/α,β-unsaturated/α-hetero) is 1. The average molecular weight is 202 g/mol. The van der Waals surface area contributed by atoms with Gasteiger partial charge in [-0.25, -0.2) is 0 Å². The van der Waals surface area contributed by atoms with E-state index in [9.17, 15) is 9.59 Å². The van der Waals surface area contributed by atoms with Crippen LogP contribution < -0.4 is 5.43 Å². The minimum Gasteiger partial charge on any atom is -0.456 e. The van der Waals surface area contributed by atoms with Crippen LogP contribution in [0.4, 0.5) is 0 Å². The zero-order valence-electron chi connectivity index (χ0n) is 8.53. The predicted molar refractivity (Wildman–Crippen MR) is 57.2 cm³/mol. The Morgan fingerprint density at radius 3 is 2.60 bits per heavy atom. The van der Waals surface area contributed by atoms with Crippen LogP contribution in [0.25, 0.3) is 11.0 Å². The highest BCUT2D eigenvalue weighted by Gasteiger charge is 2.15. The van der Waals surface area contributed by atoms with Crippen molar-refractivity contribution in [2.45, 2.75) is 13.8 Å². The summed E-state index contributed by atoms with van der Waals surface area (Å²) >= 11 is 0. The third-order valence-corrected chi connectivity index (χ3v) is 2.32. The number of furan rings is 1. The smallest absolute Gasteiger partial charge is 0.221 e. The van der Waals surface area contributed by atoms with E-state index in [0.29, 0.717) is 16.7 Å². The summed E-state index contributed by atoms with van der Waals surface area (Å²) in [6, 6.07) is 6.52. The molecule has 1 heterocycles. The summed E-state index contributed by atoms with van der Waals surface area (Å²) in [6.45, 7) is 3.16. The number of hydrogen-bond acceptors (Lipinski definition) is 3. The highest BCUT2D eigenvalue weighted by molar-refractivity contribution is 6.06. The topological polar surface area (TPSA) is 47.3 Å². The maximum Gasteiger partial charge on any atom is 0.221 e. The number of carbonyl (C=O) groups is 1. The van der Waals surface area contributed by atoms with Gasteiger partial charge in [0, 0.05) is 5.39 Å². The van der Waals surface area contributed by atoms with Crippen LogP contribution in [0.1, 0.15) is 23.0 Å². The Balaban J connectivity index is 3.02. The van der Waals surface area contributed by atoms with Crippen molar-refractivity contribution in [3.05, 3.63) is 45.8 Å². The second-order valence-electron chi connectivity index (χ2n) is 3.41. The summed E-state index contributed by atoms with van der Waals surface area (Å²) in [4.78, 5) is 23.0. The van der Waals surface area contributed by atoms with E-state index in [1.807, 2.05) is 0 Å². The van der Waals surface area contributed by atoms with Gasteiger partial charge in [-0.3, -0.25) is 9.59 Å². The normalized spacial score (nSPS) is 10.5. The molecule has 1 aromatic carbocycles. The minimum absolute atomic E-state index is 0.0862. The van der Waals surface area contributed by atoms with Gasteiger partial charge in [-0.05, 0) is 19.9 Å². The quantitative estimate of drug-likeness (QED) is 0.666. The van der Waals surface area contributed by atoms with Crippen molar-refractivity contribution in [1.82, 2.24) is 0 Å². The number of ketones is 1. The summed E-state index contributed by atoms with van der Waals surface area (Å²) in [5.41, 5.74) is 0.548. The molecule has 0 N–H and O–H groups in total. The average Bonchev–Trinajstić information content (AvgIpc) is 2.40. The van der Waals surface area contributed by atoms with Gasteiger partial charge in [0.25, 0.3) is 0 Å². The van der Waals surface area contributed by atoms with Gasteiger partial charge in [-0.2, -0.15) is 0 Å². The van der Waals surface area contributed by atoms with E-state index in [-0.39, 0.29) is 16.8 Å². The molecule has 0 aliphatic heterocycles. The number of carbonyl (C=O) groups excluding carboxylic acids is 1. The summed E-state index contributed by atoms with van der Waals surface area (Å²) in [7, 11) is 0. The molecule has 2 rings (SSSR count). The monoisotopic (exact) mass is 202 g/mol.